The number of carboxylic acids is 1. The molecule has 0 aliphatic rings. The molecule has 0 saturated heterocycles. The van der Waals surface area contributed by atoms with E-state index in [1.807, 2.05) is 13.8 Å². The summed E-state index contributed by atoms with van der Waals surface area (Å²) in [5.41, 5.74) is 0.505. The molecule has 1 amide bonds. The first kappa shape index (κ1) is 15.2. The fourth-order valence-electron chi connectivity index (χ4n) is 1.69. The van der Waals surface area contributed by atoms with Gasteiger partial charge in [-0.15, -0.1) is 0 Å². The van der Waals surface area contributed by atoms with E-state index in [0.717, 1.165) is 0 Å². The molecule has 0 heterocycles. The van der Waals surface area contributed by atoms with E-state index in [2.05, 4.69) is 0 Å². The van der Waals surface area contributed by atoms with Crippen LogP contribution < -0.4 is 0 Å². The SMILES string of the molecule is CCOCCN(CC)C(=O)c1cccc(C(=O)O)c1. The number of carboxylic acid groups (broad SMARTS) is 1. The van der Waals surface area contributed by atoms with Crippen LogP contribution in [0.2, 0.25) is 0 Å². The number of nitrogens with zero attached hydrogens (tertiary/aromatic N) is 1. The fourth-order valence-corrected chi connectivity index (χ4v) is 1.69. The van der Waals surface area contributed by atoms with Crippen LogP contribution in [0.3, 0.4) is 0 Å². The number of aromatic carboxylic acids is 1. The van der Waals surface area contributed by atoms with Gasteiger partial charge in [0.15, 0.2) is 0 Å². The second-order valence-corrected chi connectivity index (χ2v) is 3.97. The largest absolute Gasteiger partial charge is 0.478 e. The number of amides is 1. The quantitative estimate of drug-likeness (QED) is 0.764. The molecule has 104 valence electrons. The van der Waals surface area contributed by atoms with E-state index in [1.165, 1.54) is 12.1 Å². The minimum atomic E-state index is -1.04. The zero-order valence-corrected chi connectivity index (χ0v) is 11.3. The highest BCUT2D eigenvalue weighted by Gasteiger charge is 2.15. The van der Waals surface area contributed by atoms with Gasteiger partial charge in [-0.1, -0.05) is 6.07 Å². The van der Waals surface area contributed by atoms with E-state index in [1.54, 1.807) is 17.0 Å². The average molecular weight is 265 g/mol. The predicted molar refractivity (Wildman–Crippen MR) is 71.5 cm³/mol. The minimum Gasteiger partial charge on any atom is -0.478 e. The van der Waals surface area contributed by atoms with Crippen LogP contribution in [0.5, 0.6) is 0 Å². The molecule has 0 unspecified atom stereocenters. The van der Waals surface area contributed by atoms with Crippen molar-refractivity contribution in [1.82, 2.24) is 4.90 Å². The van der Waals surface area contributed by atoms with Crippen molar-refractivity contribution in [2.45, 2.75) is 13.8 Å². The van der Waals surface area contributed by atoms with E-state index < -0.39 is 5.97 Å². The molecule has 0 fully saturated rings. The van der Waals surface area contributed by atoms with Crippen LogP contribution in [-0.2, 0) is 4.74 Å². The molecule has 5 heteroatoms. The van der Waals surface area contributed by atoms with Gasteiger partial charge in [-0.3, -0.25) is 4.79 Å². The summed E-state index contributed by atoms with van der Waals surface area (Å²) < 4.78 is 5.23. The molecule has 0 aliphatic carbocycles. The Morgan fingerprint density at radius 2 is 1.95 bits per heavy atom. The summed E-state index contributed by atoms with van der Waals surface area (Å²) in [4.78, 5) is 24.7. The lowest BCUT2D eigenvalue weighted by atomic mass is 10.1. The number of carbonyl (C=O) groups excluding carboxylic acids is 1. The van der Waals surface area contributed by atoms with E-state index in [4.69, 9.17) is 9.84 Å². The number of rotatable bonds is 7. The molecule has 0 aromatic heterocycles. The summed E-state index contributed by atoms with van der Waals surface area (Å²) in [7, 11) is 0. The first-order valence-corrected chi connectivity index (χ1v) is 6.30. The molecule has 0 aliphatic heterocycles. The van der Waals surface area contributed by atoms with Gasteiger partial charge in [0.25, 0.3) is 5.91 Å². The van der Waals surface area contributed by atoms with Gasteiger partial charge in [0.1, 0.15) is 0 Å². The van der Waals surface area contributed by atoms with Crippen LogP contribution in [0.15, 0.2) is 24.3 Å². The number of hydrogen-bond acceptors (Lipinski definition) is 3. The van der Waals surface area contributed by atoms with Crippen molar-refractivity contribution in [2.75, 3.05) is 26.3 Å². The van der Waals surface area contributed by atoms with E-state index >= 15 is 0 Å². The highest BCUT2D eigenvalue weighted by atomic mass is 16.5. The van der Waals surface area contributed by atoms with Crippen LogP contribution in [0.1, 0.15) is 34.6 Å². The van der Waals surface area contributed by atoms with Crippen LogP contribution in [0, 0.1) is 0 Å². The Bertz CT molecular complexity index is 445. The second kappa shape index (κ2) is 7.53. The third-order valence-electron chi connectivity index (χ3n) is 2.74. The number of hydrogen-bond donors (Lipinski definition) is 1. The Labute approximate surface area is 112 Å². The number of benzene rings is 1. The first-order valence-electron chi connectivity index (χ1n) is 6.30. The molecular formula is C14H19NO4. The van der Waals surface area contributed by atoms with Gasteiger partial charge < -0.3 is 14.7 Å². The van der Waals surface area contributed by atoms with E-state index in [-0.39, 0.29) is 11.5 Å². The third-order valence-corrected chi connectivity index (χ3v) is 2.74. The van der Waals surface area contributed by atoms with Crippen molar-refractivity contribution in [2.24, 2.45) is 0 Å². The lowest BCUT2D eigenvalue weighted by Gasteiger charge is -2.20. The molecule has 0 spiro atoms. The summed E-state index contributed by atoms with van der Waals surface area (Å²) in [6.45, 7) is 5.93. The van der Waals surface area contributed by atoms with Crippen molar-refractivity contribution in [3.8, 4) is 0 Å². The Kier molecular flexibility index (Phi) is 6.02. The summed E-state index contributed by atoms with van der Waals surface area (Å²) in [6, 6.07) is 6.06. The van der Waals surface area contributed by atoms with Crippen molar-refractivity contribution in [3.05, 3.63) is 35.4 Å². The zero-order valence-electron chi connectivity index (χ0n) is 11.3. The molecule has 0 bridgehead atoms. The second-order valence-electron chi connectivity index (χ2n) is 3.97. The third kappa shape index (κ3) is 4.37. The molecular weight excluding hydrogens is 246 g/mol. The summed E-state index contributed by atoms with van der Waals surface area (Å²) >= 11 is 0. The van der Waals surface area contributed by atoms with Gasteiger partial charge in [0.05, 0.1) is 12.2 Å². The molecule has 1 rings (SSSR count). The first-order chi connectivity index (χ1) is 9.10. The number of likely N-dealkylation sites (N-methyl/N-ethyl adjacent to an activating group) is 1. The van der Waals surface area contributed by atoms with Gasteiger partial charge in [0, 0.05) is 25.3 Å². The van der Waals surface area contributed by atoms with Crippen LogP contribution in [0.4, 0.5) is 0 Å². The van der Waals surface area contributed by atoms with Gasteiger partial charge in [-0.25, -0.2) is 4.79 Å². The predicted octanol–water partition coefficient (Wildman–Crippen LogP) is 1.88. The average Bonchev–Trinajstić information content (AvgIpc) is 2.43. The van der Waals surface area contributed by atoms with Crippen molar-refractivity contribution >= 4 is 11.9 Å². The molecule has 1 aromatic carbocycles. The zero-order chi connectivity index (χ0) is 14.3. The van der Waals surface area contributed by atoms with Gasteiger partial charge in [-0.05, 0) is 32.0 Å². The Hall–Kier alpha value is -1.88. The standard InChI is InChI=1S/C14H19NO4/c1-3-15(8-9-19-4-2)13(16)11-6-5-7-12(10-11)14(17)18/h5-7,10H,3-4,8-9H2,1-2H3,(H,17,18). The molecule has 0 radical (unpaired) electrons. The van der Waals surface area contributed by atoms with Gasteiger partial charge in [-0.2, -0.15) is 0 Å². The van der Waals surface area contributed by atoms with Crippen LogP contribution in [0.25, 0.3) is 0 Å². The smallest absolute Gasteiger partial charge is 0.335 e. The maximum Gasteiger partial charge on any atom is 0.335 e. The van der Waals surface area contributed by atoms with Gasteiger partial charge in [0.2, 0.25) is 0 Å². The maximum absolute atomic E-state index is 12.2. The fraction of sp³-hybridized carbons (Fsp3) is 0.429. The maximum atomic E-state index is 12.2. The topological polar surface area (TPSA) is 66.8 Å². The van der Waals surface area contributed by atoms with E-state index in [0.29, 0.717) is 31.9 Å². The summed E-state index contributed by atoms with van der Waals surface area (Å²) in [5.74, 6) is -1.21. The Balaban J connectivity index is 2.79. The Morgan fingerprint density at radius 1 is 1.26 bits per heavy atom. The van der Waals surface area contributed by atoms with E-state index in [9.17, 15) is 9.59 Å². The summed E-state index contributed by atoms with van der Waals surface area (Å²) in [5, 5.41) is 8.92. The number of ether oxygens (including phenoxy) is 1. The van der Waals surface area contributed by atoms with Gasteiger partial charge >= 0.3 is 5.97 Å². The van der Waals surface area contributed by atoms with Crippen LogP contribution >= 0.6 is 0 Å². The summed E-state index contributed by atoms with van der Waals surface area (Å²) in [6.07, 6.45) is 0. The molecule has 0 saturated carbocycles. The van der Waals surface area contributed by atoms with Crippen molar-refractivity contribution in [1.29, 1.82) is 0 Å². The highest BCUT2D eigenvalue weighted by Crippen LogP contribution is 2.09. The van der Waals surface area contributed by atoms with Crippen LogP contribution in [-0.4, -0.2) is 48.2 Å². The molecule has 5 nitrogen and oxygen atoms in total. The minimum absolute atomic E-state index is 0.117. The lowest BCUT2D eigenvalue weighted by Crippen LogP contribution is -2.34. The normalized spacial score (nSPS) is 10.2. The van der Waals surface area contributed by atoms with Crippen molar-refractivity contribution < 1.29 is 19.4 Å². The molecule has 1 N–H and O–H groups in total. The number of carbonyl (C=O) groups is 2. The Morgan fingerprint density at radius 3 is 2.53 bits per heavy atom. The van der Waals surface area contributed by atoms with Crippen molar-refractivity contribution in [3.63, 3.8) is 0 Å². The molecule has 0 atom stereocenters. The highest BCUT2D eigenvalue weighted by molar-refractivity contribution is 5.97. The monoisotopic (exact) mass is 265 g/mol. The molecule has 1 aromatic rings. The molecule has 19 heavy (non-hydrogen) atoms. The lowest BCUT2D eigenvalue weighted by molar-refractivity contribution is 0.0669.